The number of nitrogens with zero attached hydrogens (tertiary/aromatic N) is 2. The van der Waals surface area contributed by atoms with Crippen LogP contribution in [0.4, 0.5) is 5.69 Å². The largest absolute Gasteiger partial charge is 0.497 e. The highest BCUT2D eigenvalue weighted by atomic mass is 16.5. The lowest BCUT2D eigenvalue weighted by Crippen LogP contribution is -2.21. The molecule has 0 unspecified atom stereocenters. The second-order valence-corrected chi connectivity index (χ2v) is 7.60. The number of methoxy groups -OCH3 is 2. The Kier molecular flexibility index (Phi) is 7.40. The van der Waals surface area contributed by atoms with Gasteiger partial charge < -0.3 is 19.5 Å². The molecule has 9 nitrogen and oxygen atoms in total. The number of amides is 1. The zero-order chi connectivity index (χ0) is 25.5. The summed E-state index contributed by atoms with van der Waals surface area (Å²) >= 11 is 0. The molecule has 1 heterocycles. The second-order valence-electron chi connectivity index (χ2n) is 7.60. The standard InChI is InChI=1S/C27H23N3O6/c1-34-21-13-7-18(8-14-21)17-36-24-15-16-25(31)30(29-24)20-11-9-19(10-12-20)26(32)28-23-6-4-3-5-22(23)27(33)35-2/h3-16H,17H2,1-2H3,(H,28,32). The van der Waals surface area contributed by atoms with Crippen LogP contribution in [0.5, 0.6) is 11.6 Å². The van der Waals surface area contributed by atoms with Crippen molar-refractivity contribution in [3.8, 4) is 17.3 Å². The van der Waals surface area contributed by atoms with E-state index in [-0.39, 0.29) is 23.6 Å². The molecule has 0 atom stereocenters. The molecule has 0 aliphatic heterocycles. The van der Waals surface area contributed by atoms with E-state index in [0.29, 0.717) is 16.9 Å². The predicted molar refractivity (Wildman–Crippen MR) is 133 cm³/mol. The summed E-state index contributed by atoms with van der Waals surface area (Å²) in [6.07, 6.45) is 0. The first kappa shape index (κ1) is 24.2. The van der Waals surface area contributed by atoms with Crippen LogP contribution in [-0.4, -0.2) is 35.9 Å². The Balaban J connectivity index is 1.48. The Morgan fingerprint density at radius 3 is 2.31 bits per heavy atom. The highest BCUT2D eigenvalue weighted by Crippen LogP contribution is 2.18. The lowest BCUT2D eigenvalue weighted by molar-refractivity contribution is 0.0602. The number of nitrogens with one attached hydrogen (secondary N) is 1. The van der Waals surface area contributed by atoms with E-state index in [9.17, 15) is 14.4 Å². The summed E-state index contributed by atoms with van der Waals surface area (Å²) < 4.78 is 16.8. The number of carbonyl (C=O) groups is 2. The molecule has 1 aromatic heterocycles. The summed E-state index contributed by atoms with van der Waals surface area (Å²) in [5.41, 5.74) is 1.93. The minimum Gasteiger partial charge on any atom is -0.497 e. The molecule has 182 valence electrons. The van der Waals surface area contributed by atoms with Crippen molar-refractivity contribution < 1.29 is 23.8 Å². The van der Waals surface area contributed by atoms with E-state index in [1.807, 2.05) is 24.3 Å². The molecule has 0 saturated heterocycles. The third-order valence-electron chi connectivity index (χ3n) is 5.28. The van der Waals surface area contributed by atoms with Crippen molar-refractivity contribution in [1.29, 1.82) is 0 Å². The molecule has 9 heteroatoms. The normalized spacial score (nSPS) is 10.4. The van der Waals surface area contributed by atoms with Crippen LogP contribution in [0.15, 0.2) is 89.7 Å². The fraction of sp³-hybridized carbons (Fsp3) is 0.111. The summed E-state index contributed by atoms with van der Waals surface area (Å²) in [4.78, 5) is 37.1. The highest BCUT2D eigenvalue weighted by molar-refractivity contribution is 6.08. The van der Waals surface area contributed by atoms with Gasteiger partial charge in [-0.3, -0.25) is 9.59 Å². The van der Waals surface area contributed by atoms with Gasteiger partial charge in [-0.05, 0) is 54.1 Å². The SMILES string of the molecule is COC(=O)c1ccccc1NC(=O)c1ccc(-n2nc(OCc3ccc(OC)cc3)ccc2=O)cc1. The van der Waals surface area contributed by atoms with Crippen LogP contribution in [0.3, 0.4) is 0 Å². The van der Waals surface area contributed by atoms with Gasteiger partial charge in [-0.2, -0.15) is 4.68 Å². The van der Waals surface area contributed by atoms with Crippen molar-refractivity contribution in [2.45, 2.75) is 6.61 Å². The maximum absolute atomic E-state index is 12.7. The Bertz CT molecular complexity index is 1430. The number of hydrogen-bond donors (Lipinski definition) is 1. The summed E-state index contributed by atoms with van der Waals surface area (Å²) in [5.74, 6) is 0.0393. The third kappa shape index (κ3) is 5.58. The number of rotatable bonds is 8. The summed E-state index contributed by atoms with van der Waals surface area (Å²) in [7, 11) is 2.87. The van der Waals surface area contributed by atoms with E-state index in [1.54, 1.807) is 55.6 Å². The van der Waals surface area contributed by atoms with E-state index in [0.717, 1.165) is 11.3 Å². The first-order valence-corrected chi connectivity index (χ1v) is 10.9. The summed E-state index contributed by atoms with van der Waals surface area (Å²) in [6, 6.07) is 23.2. The minimum absolute atomic E-state index is 0.243. The molecule has 0 spiro atoms. The number of aromatic nitrogens is 2. The Morgan fingerprint density at radius 2 is 1.61 bits per heavy atom. The van der Waals surface area contributed by atoms with Gasteiger partial charge in [0.15, 0.2) is 0 Å². The van der Waals surface area contributed by atoms with Crippen LogP contribution in [0, 0.1) is 0 Å². The molecule has 3 aromatic carbocycles. The van der Waals surface area contributed by atoms with Crippen LogP contribution in [0.1, 0.15) is 26.3 Å². The maximum Gasteiger partial charge on any atom is 0.339 e. The monoisotopic (exact) mass is 485 g/mol. The van der Waals surface area contributed by atoms with E-state index >= 15 is 0 Å². The number of anilines is 1. The van der Waals surface area contributed by atoms with Gasteiger partial charge in [0.05, 0.1) is 31.2 Å². The smallest absolute Gasteiger partial charge is 0.339 e. The number of ether oxygens (including phenoxy) is 3. The average molecular weight is 485 g/mol. The maximum atomic E-state index is 12.7. The summed E-state index contributed by atoms with van der Waals surface area (Å²) in [5, 5.41) is 6.99. The van der Waals surface area contributed by atoms with Crippen molar-refractivity contribution in [2.75, 3.05) is 19.5 Å². The predicted octanol–water partition coefficient (Wildman–Crippen LogP) is 3.86. The Morgan fingerprint density at radius 1 is 0.889 bits per heavy atom. The van der Waals surface area contributed by atoms with Gasteiger partial charge in [-0.1, -0.05) is 24.3 Å². The molecule has 36 heavy (non-hydrogen) atoms. The van der Waals surface area contributed by atoms with Crippen LogP contribution in [-0.2, 0) is 11.3 Å². The molecule has 4 aromatic rings. The molecule has 0 fully saturated rings. The Hall–Kier alpha value is -4.92. The van der Waals surface area contributed by atoms with E-state index in [4.69, 9.17) is 14.2 Å². The number of carbonyl (C=O) groups excluding carboxylic acids is 2. The van der Waals surface area contributed by atoms with Gasteiger partial charge in [0.1, 0.15) is 12.4 Å². The van der Waals surface area contributed by atoms with E-state index in [2.05, 4.69) is 10.4 Å². The van der Waals surface area contributed by atoms with Crippen molar-refractivity contribution >= 4 is 17.6 Å². The fourth-order valence-electron chi connectivity index (χ4n) is 3.36. The zero-order valence-corrected chi connectivity index (χ0v) is 19.6. The van der Waals surface area contributed by atoms with Crippen LogP contribution >= 0.6 is 0 Å². The van der Waals surface area contributed by atoms with Gasteiger partial charge >= 0.3 is 5.97 Å². The van der Waals surface area contributed by atoms with Crippen molar-refractivity contribution in [2.24, 2.45) is 0 Å². The molecule has 0 aliphatic carbocycles. The van der Waals surface area contributed by atoms with Crippen LogP contribution in [0.2, 0.25) is 0 Å². The molecule has 4 rings (SSSR count). The van der Waals surface area contributed by atoms with Gasteiger partial charge in [-0.25, -0.2) is 4.79 Å². The fourth-order valence-corrected chi connectivity index (χ4v) is 3.36. The molecule has 0 bridgehead atoms. The van der Waals surface area contributed by atoms with Gasteiger partial charge in [0, 0.05) is 17.7 Å². The molecular formula is C27H23N3O6. The molecular weight excluding hydrogens is 462 g/mol. The number of esters is 1. The highest BCUT2D eigenvalue weighted by Gasteiger charge is 2.14. The van der Waals surface area contributed by atoms with Gasteiger partial charge in [0.25, 0.3) is 11.5 Å². The number of para-hydroxylation sites is 1. The summed E-state index contributed by atoms with van der Waals surface area (Å²) in [6.45, 7) is 0.265. The molecule has 1 amide bonds. The number of benzene rings is 3. The molecule has 0 radical (unpaired) electrons. The second kappa shape index (κ2) is 11.0. The van der Waals surface area contributed by atoms with Crippen molar-refractivity contribution in [3.05, 3.63) is 112 Å². The quantitative estimate of drug-likeness (QED) is 0.378. The van der Waals surface area contributed by atoms with Crippen LogP contribution in [0.25, 0.3) is 5.69 Å². The zero-order valence-electron chi connectivity index (χ0n) is 19.6. The number of hydrogen-bond acceptors (Lipinski definition) is 7. The van der Waals surface area contributed by atoms with Crippen molar-refractivity contribution in [3.63, 3.8) is 0 Å². The molecule has 0 aliphatic rings. The molecule has 1 N–H and O–H groups in total. The minimum atomic E-state index is -0.555. The first-order valence-electron chi connectivity index (χ1n) is 10.9. The Labute approximate surface area is 206 Å². The van der Waals surface area contributed by atoms with Gasteiger partial charge in [0.2, 0.25) is 5.88 Å². The lowest BCUT2D eigenvalue weighted by Gasteiger charge is -2.11. The van der Waals surface area contributed by atoms with Crippen molar-refractivity contribution in [1.82, 2.24) is 9.78 Å². The first-order chi connectivity index (χ1) is 17.5. The third-order valence-corrected chi connectivity index (χ3v) is 5.28. The topological polar surface area (TPSA) is 109 Å². The van der Waals surface area contributed by atoms with Gasteiger partial charge in [-0.15, -0.1) is 5.10 Å². The molecule has 0 saturated carbocycles. The van der Waals surface area contributed by atoms with Crippen LogP contribution < -0.4 is 20.3 Å². The van der Waals surface area contributed by atoms with E-state index < -0.39 is 11.9 Å². The lowest BCUT2D eigenvalue weighted by atomic mass is 10.1. The van der Waals surface area contributed by atoms with E-state index in [1.165, 1.54) is 23.9 Å². The average Bonchev–Trinajstić information content (AvgIpc) is 2.93.